The molecule has 20 heavy (non-hydrogen) atoms. The topological polar surface area (TPSA) is 20.3 Å². The molecule has 0 bridgehead atoms. The van der Waals surface area contributed by atoms with Crippen LogP contribution in [-0.2, 0) is 4.79 Å². The molecule has 0 aromatic heterocycles. The van der Waals surface area contributed by atoms with Gasteiger partial charge in [-0.3, -0.25) is 4.79 Å². The quantitative estimate of drug-likeness (QED) is 0.667. The zero-order valence-electron chi connectivity index (χ0n) is 13.2. The minimum Gasteiger partial charge on any atom is -0.308 e. The number of allylic oxidation sites excluding steroid dienone is 1. The van der Waals surface area contributed by atoms with Crippen LogP contribution in [0, 0.1) is 5.41 Å². The number of hydrogen-bond acceptors (Lipinski definition) is 2. The van der Waals surface area contributed by atoms with Crippen molar-refractivity contribution >= 4 is 11.9 Å². The van der Waals surface area contributed by atoms with Crippen LogP contribution < -0.4 is 0 Å². The molecule has 0 N–H and O–H groups in total. The predicted octanol–water partition coefficient (Wildman–Crippen LogP) is 4.03. The van der Waals surface area contributed by atoms with E-state index in [4.69, 9.17) is 0 Å². The lowest BCUT2D eigenvalue weighted by Gasteiger charge is -2.30. The first kappa shape index (κ1) is 16.6. The van der Waals surface area contributed by atoms with Crippen LogP contribution in [0.25, 0.3) is 6.08 Å². The molecule has 1 atom stereocenters. The molecule has 2 heteroatoms. The Morgan fingerprint density at radius 1 is 1.25 bits per heavy atom. The van der Waals surface area contributed by atoms with Crippen LogP contribution in [0.1, 0.15) is 38.7 Å². The van der Waals surface area contributed by atoms with Crippen LogP contribution in [0.4, 0.5) is 0 Å². The van der Waals surface area contributed by atoms with Crippen molar-refractivity contribution in [2.45, 2.75) is 33.1 Å². The molecule has 1 rings (SSSR count). The first-order valence-electron chi connectivity index (χ1n) is 7.40. The molecule has 110 valence electrons. The van der Waals surface area contributed by atoms with E-state index < -0.39 is 0 Å². The summed E-state index contributed by atoms with van der Waals surface area (Å²) in [5.74, 6) is 0.225. The molecule has 0 saturated heterocycles. The van der Waals surface area contributed by atoms with Crippen molar-refractivity contribution in [3.05, 3.63) is 42.0 Å². The van der Waals surface area contributed by atoms with Crippen LogP contribution in [0.15, 0.2) is 36.4 Å². The zero-order chi connectivity index (χ0) is 15.0. The third-order valence-electron chi connectivity index (χ3n) is 3.57. The van der Waals surface area contributed by atoms with E-state index in [0.29, 0.717) is 0 Å². The molecule has 0 aliphatic heterocycles. The Morgan fingerprint density at radius 2 is 1.90 bits per heavy atom. The zero-order valence-corrected chi connectivity index (χ0v) is 13.2. The number of hydrogen-bond donors (Lipinski definition) is 0. The Bertz CT molecular complexity index is 436. The summed E-state index contributed by atoms with van der Waals surface area (Å²) < 4.78 is 0. The smallest absolute Gasteiger partial charge is 0.162 e. The Kier molecular flexibility index (Phi) is 6.66. The van der Waals surface area contributed by atoms with Gasteiger partial charge in [-0.1, -0.05) is 63.1 Å². The first-order chi connectivity index (χ1) is 9.48. The largest absolute Gasteiger partial charge is 0.308 e. The van der Waals surface area contributed by atoms with Crippen LogP contribution >= 0.6 is 0 Å². The number of carbonyl (C=O) groups excluding carboxylic acids is 1. The van der Waals surface area contributed by atoms with E-state index in [0.717, 1.165) is 31.4 Å². The number of unbranched alkanes of at least 4 members (excludes halogenated alkanes) is 1. The van der Waals surface area contributed by atoms with Gasteiger partial charge in [-0.2, -0.15) is 0 Å². The molecule has 0 fully saturated rings. The summed E-state index contributed by atoms with van der Waals surface area (Å²) in [5.41, 5.74) is 0.786. The van der Waals surface area contributed by atoms with Crippen molar-refractivity contribution in [2.75, 3.05) is 20.6 Å². The van der Waals surface area contributed by atoms with Crippen molar-refractivity contribution < 1.29 is 4.79 Å². The Morgan fingerprint density at radius 3 is 2.45 bits per heavy atom. The molecule has 0 aliphatic carbocycles. The van der Waals surface area contributed by atoms with Gasteiger partial charge in [0.15, 0.2) is 5.78 Å². The molecule has 2 nitrogen and oxygen atoms in total. The second-order valence-corrected chi connectivity index (χ2v) is 6.01. The fraction of sp³-hybridized carbons (Fsp3) is 0.500. The molecule has 0 amide bonds. The number of nitrogens with zero attached hydrogens (tertiary/aromatic N) is 1. The summed E-state index contributed by atoms with van der Waals surface area (Å²) in [4.78, 5) is 14.7. The predicted molar refractivity (Wildman–Crippen MR) is 86.7 cm³/mol. The van der Waals surface area contributed by atoms with Crippen molar-refractivity contribution in [3.8, 4) is 0 Å². The summed E-state index contributed by atoms with van der Waals surface area (Å²) in [5, 5.41) is 0. The van der Waals surface area contributed by atoms with Crippen molar-refractivity contribution in [2.24, 2.45) is 5.41 Å². The van der Waals surface area contributed by atoms with Crippen LogP contribution in [0.2, 0.25) is 0 Å². The minimum absolute atomic E-state index is 0.225. The fourth-order valence-corrected chi connectivity index (χ4v) is 2.48. The molecule has 0 heterocycles. The molecule has 0 spiro atoms. The van der Waals surface area contributed by atoms with Gasteiger partial charge in [0.05, 0.1) is 0 Å². The van der Waals surface area contributed by atoms with Gasteiger partial charge in [0, 0.05) is 12.0 Å². The van der Waals surface area contributed by atoms with Crippen molar-refractivity contribution in [1.82, 2.24) is 4.90 Å². The normalized spacial score (nSPS) is 14.7. The Hall–Kier alpha value is -1.41. The third kappa shape index (κ3) is 5.30. The van der Waals surface area contributed by atoms with E-state index in [-0.39, 0.29) is 11.2 Å². The van der Waals surface area contributed by atoms with Gasteiger partial charge >= 0.3 is 0 Å². The second-order valence-electron chi connectivity index (χ2n) is 6.01. The van der Waals surface area contributed by atoms with E-state index >= 15 is 0 Å². The lowest BCUT2D eigenvalue weighted by atomic mass is 9.80. The molecule has 0 unspecified atom stereocenters. The highest BCUT2D eigenvalue weighted by molar-refractivity contribution is 5.98. The minimum atomic E-state index is -0.287. The summed E-state index contributed by atoms with van der Waals surface area (Å²) >= 11 is 0. The van der Waals surface area contributed by atoms with Gasteiger partial charge < -0.3 is 4.90 Å². The Balaban J connectivity index is 2.79. The van der Waals surface area contributed by atoms with E-state index in [1.165, 1.54) is 0 Å². The van der Waals surface area contributed by atoms with Gasteiger partial charge in [-0.25, -0.2) is 0 Å². The number of carbonyl (C=O) groups is 1. The van der Waals surface area contributed by atoms with Gasteiger partial charge in [-0.15, -0.1) is 0 Å². The third-order valence-corrected chi connectivity index (χ3v) is 3.57. The van der Waals surface area contributed by atoms with E-state index in [2.05, 4.69) is 18.7 Å². The van der Waals surface area contributed by atoms with E-state index in [1.54, 1.807) is 6.08 Å². The van der Waals surface area contributed by atoms with Crippen LogP contribution in [0.5, 0.6) is 0 Å². The molecular weight excluding hydrogens is 246 g/mol. The van der Waals surface area contributed by atoms with Crippen molar-refractivity contribution in [1.29, 1.82) is 0 Å². The second kappa shape index (κ2) is 8.01. The summed E-state index contributed by atoms with van der Waals surface area (Å²) in [7, 11) is 4.05. The van der Waals surface area contributed by atoms with Gasteiger partial charge in [0.1, 0.15) is 0 Å². The number of benzene rings is 1. The Labute approximate surface area is 123 Å². The highest BCUT2D eigenvalue weighted by Gasteiger charge is 2.31. The van der Waals surface area contributed by atoms with Gasteiger partial charge in [-0.05, 0) is 32.2 Å². The lowest BCUT2D eigenvalue weighted by Crippen LogP contribution is -2.37. The maximum Gasteiger partial charge on any atom is 0.162 e. The maximum absolute atomic E-state index is 12.6. The molecule has 0 saturated carbocycles. The number of rotatable bonds is 8. The van der Waals surface area contributed by atoms with Crippen LogP contribution in [-0.4, -0.2) is 31.3 Å². The summed E-state index contributed by atoms with van der Waals surface area (Å²) in [6, 6.07) is 9.98. The standard InChI is InChI=1S/C18H27NO/c1-5-6-14-18(2,15-19(3)4)17(20)13-12-16-10-8-7-9-11-16/h7-13H,5-6,14-15H2,1-4H3/b13-12+/t18-/m1/s1. The van der Waals surface area contributed by atoms with Gasteiger partial charge in [0.2, 0.25) is 0 Å². The molecule has 1 aromatic rings. The monoisotopic (exact) mass is 273 g/mol. The summed E-state index contributed by atoms with van der Waals surface area (Å²) in [6.45, 7) is 5.05. The average molecular weight is 273 g/mol. The fourth-order valence-electron chi connectivity index (χ4n) is 2.48. The highest BCUT2D eigenvalue weighted by Crippen LogP contribution is 2.27. The average Bonchev–Trinajstić information content (AvgIpc) is 2.43. The number of ketones is 1. The molecule has 0 aliphatic rings. The molecule has 1 aromatic carbocycles. The maximum atomic E-state index is 12.6. The first-order valence-corrected chi connectivity index (χ1v) is 7.40. The van der Waals surface area contributed by atoms with Crippen LogP contribution in [0.3, 0.4) is 0 Å². The molecular formula is C18H27NO. The summed E-state index contributed by atoms with van der Waals surface area (Å²) in [6.07, 6.45) is 6.82. The highest BCUT2D eigenvalue weighted by atomic mass is 16.1. The van der Waals surface area contributed by atoms with E-state index in [9.17, 15) is 4.79 Å². The van der Waals surface area contributed by atoms with E-state index in [1.807, 2.05) is 50.5 Å². The molecule has 0 radical (unpaired) electrons. The van der Waals surface area contributed by atoms with Crippen molar-refractivity contribution in [3.63, 3.8) is 0 Å². The lowest BCUT2D eigenvalue weighted by molar-refractivity contribution is -0.124. The van der Waals surface area contributed by atoms with Gasteiger partial charge in [0.25, 0.3) is 0 Å². The SMILES string of the molecule is CCCC[C@](C)(CN(C)C)C(=O)/C=C/c1ccccc1.